The number of Topliss-reactive ketones (excluding diaryl/α,β-unsaturated/α-hetero) is 1. The predicted molar refractivity (Wildman–Crippen MR) is 64.9 cm³/mol. The van der Waals surface area contributed by atoms with Crippen molar-refractivity contribution in [2.75, 3.05) is 19.8 Å². The highest BCUT2D eigenvalue weighted by Crippen LogP contribution is 2.37. The average Bonchev–Trinajstić information content (AvgIpc) is 2.98. The molecule has 1 spiro atoms. The van der Waals surface area contributed by atoms with Crippen molar-refractivity contribution in [1.29, 1.82) is 0 Å². The highest BCUT2D eigenvalue weighted by molar-refractivity contribution is 6.29. The van der Waals surface area contributed by atoms with E-state index in [1.807, 2.05) is 0 Å². The molecule has 3 rings (SSSR count). The molecule has 4 nitrogen and oxygen atoms in total. The van der Waals surface area contributed by atoms with E-state index in [4.69, 9.17) is 25.5 Å². The maximum absolute atomic E-state index is 12.3. The Morgan fingerprint density at radius 3 is 2.94 bits per heavy atom. The molecule has 1 aromatic rings. The van der Waals surface area contributed by atoms with Gasteiger partial charge in [0.05, 0.1) is 12.2 Å². The Kier molecular flexibility index (Phi) is 3.18. The molecule has 2 atom stereocenters. The van der Waals surface area contributed by atoms with Gasteiger partial charge in [0.2, 0.25) is 5.78 Å². The molecule has 0 amide bonds. The fourth-order valence-electron chi connectivity index (χ4n) is 2.76. The van der Waals surface area contributed by atoms with Crippen molar-refractivity contribution in [3.05, 3.63) is 23.1 Å². The molecule has 2 aliphatic rings. The van der Waals surface area contributed by atoms with Crippen molar-refractivity contribution in [2.45, 2.75) is 24.9 Å². The first kappa shape index (κ1) is 12.2. The summed E-state index contributed by atoms with van der Waals surface area (Å²) in [5.74, 6) is 0.320. The van der Waals surface area contributed by atoms with E-state index in [9.17, 15) is 4.79 Å². The summed E-state index contributed by atoms with van der Waals surface area (Å²) in [5, 5.41) is 0.254. The van der Waals surface area contributed by atoms with Crippen LogP contribution >= 0.6 is 11.6 Å². The Bertz CT molecular complexity index is 448. The number of carbonyl (C=O) groups excluding carboxylic acids is 1. The van der Waals surface area contributed by atoms with E-state index in [1.54, 1.807) is 12.1 Å². The highest BCUT2D eigenvalue weighted by Gasteiger charge is 2.43. The number of hydrogen-bond acceptors (Lipinski definition) is 4. The van der Waals surface area contributed by atoms with Crippen LogP contribution in [0.1, 0.15) is 29.8 Å². The molecule has 2 saturated heterocycles. The van der Waals surface area contributed by atoms with Crippen molar-refractivity contribution in [2.24, 2.45) is 5.92 Å². The zero-order chi connectivity index (χ0) is 12.6. The summed E-state index contributed by atoms with van der Waals surface area (Å²) in [7, 11) is 0. The normalized spacial score (nSPS) is 31.9. The van der Waals surface area contributed by atoms with E-state index in [0.717, 1.165) is 12.8 Å². The zero-order valence-corrected chi connectivity index (χ0v) is 10.7. The minimum absolute atomic E-state index is 0.0245. The van der Waals surface area contributed by atoms with Crippen molar-refractivity contribution < 1.29 is 18.7 Å². The van der Waals surface area contributed by atoms with Crippen LogP contribution in [0.3, 0.4) is 0 Å². The lowest BCUT2D eigenvalue weighted by atomic mass is 9.82. The van der Waals surface area contributed by atoms with Gasteiger partial charge in [-0.3, -0.25) is 4.79 Å². The predicted octanol–water partition coefficient (Wildman–Crippen LogP) is 2.70. The number of rotatable bonds is 2. The van der Waals surface area contributed by atoms with Gasteiger partial charge in [-0.15, -0.1) is 0 Å². The van der Waals surface area contributed by atoms with Gasteiger partial charge in [0.1, 0.15) is 0 Å². The Hall–Kier alpha value is -0.840. The van der Waals surface area contributed by atoms with Crippen LogP contribution in [0.25, 0.3) is 0 Å². The molecular weight excluding hydrogens is 256 g/mol. The van der Waals surface area contributed by atoms with Crippen LogP contribution in [0.5, 0.6) is 0 Å². The molecule has 2 unspecified atom stereocenters. The highest BCUT2D eigenvalue weighted by atomic mass is 35.5. The minimum atomic E-state index is -0.255. The number of hydrogen-bond donors (Lipinski definition) is 0. The van der Waals surface area contributed by atoms with Gasteiger partial charge in [0, 0.05) is 25.6 Å². The Balaban J connectivity index is 1.74. The molecule has 3 heterocycles. The maximum Gasteiger partial charge on any atom is 0.201 e. The molecular formula is C13H15ClO4. The summed E-state index contributed by atoms with van der Waals surface area (Å²) in [5.41, 5.74) is -0.255. The van der Waals surface area contributed by atoms with Gasteiger partial charge < -0.3 is 13.9 Å². The lowest BCUT2D eigenvalue weighted by Gasteiger charge is -2.36. The van der Waals surface area contributed by atoms with Crippen molar-refractivity contribution in [3.8, 4) is 0 Å². The zero-order valence-electron chi connectivity index (χ0n) is 9.99. The summed E-state index contributed by atoms with van der Waals surface area (Å²) >= 11 is 5.70. The second kappa shape index (κ2) is 4.68. The smallest absolute Gasteiger partial charge is 0.201 e. The van der Waals surface area contributed by atoms with Crippen molar-refractivity contribution >= 4 is 17.4 Å². The first-order chi connectivity index (χ1) is 8.69. The molecule has 1 aromatic heterocycles. The summed E-state index contributed by atoms with van der Waals surface area (Å²) in [6.45, 7) is 1.91. The van der Waals surface area contributed by atoms with Gasteiger partial charge in [-0.25, -0.2) is 0 Å². The SMILES string of the molecule is O=C(c1ccc(Cl)o1)C1CCOC2(CCOC2)C1. The molecule has 2 aliphatic heterocycles. The molecule has 98 valence electrons. The number of carbonyl (C=O) groups is 1. The van der Waals surface area contributed by atoms with Crippen LogP contribution in [0.15, 0.2) is 16.5 Å². The molecule has 0 saturated carbocycles. The monoisotopic (exact) mass is 270 g/mol. The molecule has 0 aliphatic carbocycles. The topological polar surface area (TPSA) is 48.7 Å². The van der Waals surface area contributed by atoms with Gasteiger partial charge in [0.15, 0.2) is 11.0 Å². The lowest BCUT2D eigenvalue weighted by Crippen LogP contribution is -2.42. The van der Waals surface area contributed by atoms with E-state index < -0.39 is 0 Å². The van der Waals surface area contributed by atoms with Gasteiger partial charge in [0.25, 0.3) is 0 Å². The van der Waals surface area contributed by atoms with Gasteiger partial charge in [-0.05, 0) is 36.6 Å². The summed E-state index contributed by atoms with van der Waals surface area (Å²) in [6, 6.07) is 3.24. The van der Waals surface area contributed by atoms with E-state index >= 15 is 0 Å². The van der Waals surface area contributed by atoms with Crippen LogP contribution in [0.2, 0.25) is 5.22 Å². The van der Waals surface area contributed by atoms with Crippen LogP contribution in [0, 0.1) is 5.92 Å². The first-order valence-corrected chi connectivity index (χ1v) is 6.58. The third kappa shape index (κ3) is 2.20. The Labute approximate surface area is 110 Å². The second-order valence-electron chi connectivity index (χ2n) is 4.99. The molecule has 2 fully saturated rings. The number of ether oxygens (including phenoxy) is 2. The number of ketones is 1. The fraction of sp³-hybridized carbons (Fsp3) is 0.615. The van der Waals surface area contributed by atoms with Gasteiger partial charge in [-0.1, -0.05) is 0 Å². The molecule has 0 N–H and O–H groups in total. The number of furan rings is 1. The third-order valence-electron chi connectivity index (χ3n) is 3.75. The van der Waals surface area contributed by atoms with E-state index in [1.165, 1.54) is 0 Å². The minimum Gasteiger partial charge on any atom is -0.442 e. The second-order valence-corrected chi connectivity index (χ2v) is 5.36. The summed E-state index contributed by atoms with van der Waals surface area (Å²) < 4.78 is 16.4. The third-order valence-corrected chi connectivity index (χ3v) is 3.95. The summed E-state index contributed by atoms with van der Waals surface area (Å²) in [4.78, 5) is 12.3. The molecule has 0 radical (unpaired) electrons. The van der Waals surface area contributed by atoms with Gasteiger partial charge >= 0.3 is 0 Å². The van der Waals surface area contributed by atoms with E-state index in [2.05, 4.69) is 0 Å². The molecule has 0 aromatic carbocycles. The maximum atomic E-state index is 12.3. The number of halogens is 1. The van der Waals surface area contributed by atoms with E-state index in [0.29, 0.717) is 32.0 Å². The molecule has 18 heavy (non-hydrogen) atoms. The van der Waals surface area contributed by atoms with Crippen LogP contribution < -0.4 is 0 Å². The first-order valence-electron chi connectivity index (χ1n) is 6.20. The molecule has 5 heteroatoms. The van der Waals surface area contributed by atoms with Crippen molar-refractivity contribution in [3.63, 3.8) is 0 Å². The Morgan fingerprint density at radius 2 is 2.28 bits per heavy atom. The van der Waals surface area contributed by atoms with E-state index in [-0.39, 0.29) is 22.5 Å². The fourth-order valence-corrected chi connectivity index (χ4v) is 2.91. The van der Waals surface area contributed by atoms with Crippen LogP contribution in [0.4, 0.5) is 0 Å². The summed E-state index contributed by atoms with van der Waals surface area (Å²) in [6.07, 6.45) is 2.32. The van der Waals surface area contributed by atoms with Gasteiger partial charge in [-0.2, -0.15) is 0 Å². The lowest BCUT2D eigenvalue weighted by molar-refractivity contribution is -0.0922. The van der Waals surface area contributed by atoms with Crippen LogP contribution in [-0.4, -0.2) is 31.2 Å². The quantitative estimate of drug-likeness (QED) is 0.776. The molecule has 0 bridgehead atoms. The van der Waals surface area contributed by atoms with Crippen LogP contribution in [-0.2, 0) is 9.47 Å². The largest absolute Gasteiger partial charge is 0.442 e. The van der Waals surface area contributed by atoms with Crippen molar-refractivity contribution in [1.82, 2.24) is 0 Å². The standard InChI is InChI=1S/C13H15ClO4/c14-11-2-1-10(18-11)12(15)9-3-5-17-13(7-9)4-6-16-8-13/h1-2,9H,3-8H2. The average molecular weight is 271 g/mol. The Morgan fingerprint density at radius 1 is 1.39 bits per heavy atom.